The minimum atomic E-state index is -0.236. The van der Waals surface area contributed by atoms with Gasteiger partial charge in [-0.1, -0.05) is 37.6 Å². The molecule has 1 heterocycles. The molecule has 5 nitrogen and oxygen atoms in total. The molecule has 1 aliphatic carbocycles. The number of imidazole rings is 1. The molecule has 0 radical (unpaired) electrons. The van der Waals surface area contributed by atoms with Crippen LogP contribution in [-0.4, -0.2) is 21.6 Å². The van der Waals surface area contributed by atoms with E-state index in [1.807, 2.05) is 41.0 Å². The monoisotopic (exact) mass is 373 g/mol. The summed E-state index contributed by atoms with van der Waals surface area (Å²) in [5, 5.41) is 9.22. The van der Waals surface area contributed by atoms with Crippen LogP contribution in [0, 0.1) is 17.2 Å². The van der Waals surface area contributed by atoms with Crippen LogP contribution in [0.15, 0.2) is 48.5 Å². The van der Waals surface area contributed by atoms with Crippen LogP contribution in [0.25, 0.3) is 22.4 Å². The molecule has 0 spiro atoms. The highest BCUT2D eigenvalue weighted by molar-refractivity contribution is 5.83. The molecule has 1 aliphatic rings. The number of nitrogens with zero attached hydrogens (tertiary/aromatic N) is 3. The van der Waals surface area contributed by atoms with Gasteiger partial charge in [-0.15, -0.1) is 0 Å². The molecule has 1 unspecified atom stereocenters. The van der Waals surface area contributed by atoms with Gasteiger partial charge >= 0.3 is 5.97 Å². The zero-order valence-corrected chi connectivity index (χ0v) is 16.0. The summed E-state index contributed by atoms with van der Waals surface area (Å²) >= 11 is 0. The predicted octanol–water partition coefficient (Wildman–Crippen LogP) is 4.70. The third kappa shape index (κ3) is 3.77. The first-order valence-corrected chi connectivity index (χ1v) is 9.79. The van der Waals surface area contributed by atoms with Gasteiger partial charge in [0.15, 0.2) is 0 Å². The lowest BCUT2D eigenvalue weighted by Gasteiger charge is -2.26. The standard InChI is InChI=1S/C23H23N3O2/c1-16-6-4-9-19(12-16)28-22(27)15-26-21-11-3-2-10-20(21)25-23(26)18-8-5-7-17(13-18)14-24/h2-3,5,7-8,10-11,13,16,19H,4,6,9,12,15H2,1H3/t16?,19-/m0/s1. The number of nitriles is 1. The number of benzene rings is 2. The van der Waals surface area contributed by atoms with Gasteiger partial charge in [0, 0.05) is 5.56 Å². The summed E-state index contributed by atoms with van der Waals surface area (Å²) in [6, 6.07) is 17.2. The summed E-state index contributed by atoms with van der Waals surface area (Å²) in [7, 11) is 0. The lowest BCUT2D eigenvalue weighted by Crippen LogP contribution is -2.26. The molecule has 0 bridgehead atoms. The van der Waals surface area contributed by atoms with E-state index in [0.717, 1.165) is 35.9 Å². The van der Waals surface area contributed by atoms with E-state index < -0.39 is 0 Å². The van der Waals surface area contributed by atoms with E-state index >= 15 is 0 Å². The van der Waals surface area contributed by atoms with Gasteiger partial charge in [-0.2, -0.15) is 5.26 Å². The number of carbonyl (C=O) groups excluding carboxylic acids is 1. The Morgan fingerprint density at radius 2 is 2.11 bits per heavy atom. The zero-order chi connectivity index (χ0) is 19.5. The third-order valence-electron chi connectivity index (χ3n) is 5.38. The molecule has 2 aromatic carbocycles. The number of hydrogen-bond donors (Lipinski definition) is 0. The molecular formula is C23H23N3O2. The fourth-order valence-corrected chi connectivity index (χ4v) is 4.02. The molecule has 28 heavy (non-hydrogen) atoms. The van der Waals surface area contributed by atoms with E-state index in [9.17, 15) is 10.1 Å². The average Bonchev–Trinajstić information content (AvgIpc) is 3.06. The van der Waals surface area contributed by atoms with Crippen molar-refractivity contribution in [1.82, 2.24) is 9.55 Å². The van der Waals surface area contributed by atoms with E-state index in [1.165, 1.54) is 6.42 Å². The number of rotatable bonds is 4. The molecule has 1 saturated carbocycles. The first kappa shape index (κ1) is 18.2. The summed E-state index contributed by atoms with van der Waals surface area (Å²) in [4.78, 5) is 17.4. The van der Waals surface area contributed by atoms with Crippen LogP contribution in [0.5, 0.6) is 0 Å². The summed E-state index contributed by atoms with van der Waals surface area (Å²) in [6.45, 7) is 2.32. The Bertz CT molecular complexity index is 1050. The smallest absolute Gasteiger partial charge is 0.326 e. The van der Waals surface area contributed by atoms with Crippen LogP contribution in [0.2, 0.25) is 0 Å². The van der Waals surface area contributed by atoms with Crippen molar-refractivity contribution < 1.29 is 9.53 Å². The minimum absolute atomic E-state index is 0.0106. The zero-order valence-electron chi connectivity index (χ0n) is 16.0. The molecule has 0 aliphatic heterocycles. The van der Waals surface area contributed by atoms with Crippen molar-refractivity contribution in [2.45, 2.75) is 45.3 Å². The Labute approximate surface area is 164 Å². The van der Waals surface area contributed by atoms with Crippen LogP contribution in [0.4, 0.5) is 0 Å². The minimum Gasteiger partial charge on any atom is -0.461 e. The van der Waals surface area contributed by atoms with E-state index in [0.29, 0.717) is 17.3 Å². The number of ether oxygens (including phenoxy) is 1. The Morgan fingerprint density at radius 3 is 2.93 bits per heavy atom. The van der Waals surface area contributed by atoms with E-state index in [2.05, 4.69) is 13.0 Å². The van der Waals surface area contributed by atoms with Crippen LogP contribution in [0.1, 0.15) is 38.2 Å². The molecule has 3 aromatic rings. The first-order chi connectivity index (χ1) is 13.6. The number of hydrogen-bond acceptors (Lipinski definition) is 4. The number of carbonyl (C=O) groups is 1. The second-order valence-electron chi connectivity index (χ2n) is 7.59. The van der Waals surface area contributed by atoms with Crippen LogP contribution in [0.3, 0.4) is 0 Å². The number of para-hydroxylation sites is 2. The van der Waals surface area contributed by atoms with Crippen molar-refractivity contribution in [1.29, 1.82) is 5.26 Å². The highest BCUT2D eigenvalue weighted by atomic mass is 16.5. The second-order valence-corrected chi connectivity index (χ2v) is 7.59. The van der Waals surface area contributed by atoms with Gasteiger partial charge in [0.25, 0.3) is 0 Å². The lowest BCUT2D eigenvalue weighted by molar-refractivity contribution is -0.151. The molecule has 1 aromatic heterocycles. The maximum absolute atomic E-state index is 12.7. The molecule has 5 heteroatoms. The van der Waals surface area contributed by atoms with Gasteiger partial charge in [0.2, 0.25) is 0 Å². The second kappa shape index (κ2) is 7.85. The van der Waals surface area contributed by atoms with Gasteiger partial charge in [-0.05, 0) is 49.4 Å². The maximum Gasteiger partial charge on any atom is 0.326 e. The molecular weight excluding hydrogens is 350 g/mol. The van der Waals surface area contributed by atoms with Crippen molar-refractivity contribution in [2.75, 3.05) is 0 Å². The molecule has 0 saturated heterocycles. The van der Waals surface area contributed by atoms with Crippen molar-refractivity contribution in [2.24, 2.45) is 5.92 Å². The summed E-state index contributed by atoms with van der Waals surface area (Å²) in [5.41, 5.74) is 3.08. The van der Waals surface area contributed by atoms with Crippen molar-refractivity contribution in [3.63, 3.8) is 0 Å². The van der Waals surface area contributed by atoms with E-state index in [1.54, 1.807) is 12.1 Å². The number of fused-ring (bicyclic) bond motifs is 1. The SMILES string of the molecule is CC1CCC[C@H](OC(=O)Cn2c(-c3cccc(C#N)c3)nc3ccccc32)C1. The average molecular weight is 373 g/mol. The molecule has 4 rings (SSSR count). The topological polar surface area (TPSA) is 67.9 Å². The normalized spacial score (nSPS) is 19.3. The van der Waals surface area contributed by atoms with Crippen LogP contribution in [-0.2, 0) is 16.1 Å². The van der Waals surface area contributed by atoms with Gasteiger partial charge in [0.1, 0.15) is 18.5 Å². The van der Waals surface area contributed by atoms with Gasteiger partial charge < -0.3 is 9.30 Å². The van der Waals surface area contributed by atoms with Crippen LogP contribution < -0.4 is 0 Å². The van der Waals surface area contributed by atoms with E-state index in [4.69, 9.17) is 9.72 Å². The number of aromatic nitrogens is 2. The third-order valence-corrected chi connectivity index (χ3v) is 5.38. The summed E-state index contributed by atoms with van der Waals surface area (Å²) < 4.78 is 7.67. The highest BCUT2D eigenvalue weighted by Crippen LogP contribution is 2.28. The van der Waals surface area contributed by atoms with Gasteiger partial charge in [-0.3, -0.25) is 4.79 Å². The number of esters is 1. The summed E-state index contributed by atoms with van der Waals surface area (Å²) in [6.07, 6.45) is 4.21. The lowest BCUT2D eigenvalue weighted by atomic mass is 9.89. The fourth-order valence-electron chi connectivity index (χ4n) is 4.02. The predicted molar refractivity (Wildman–Crippen MR) is 107 cm³/mol. The quantitative estimate of drug-likeness (QED) is 0.622. The molecule has 142 valence electrons. The summed E-state index contributed by atoms with van der Waals surface area (Å²) in [5.74, 6) is 1.04. The Morgan fingerprint density at radius 1 is 1.25 bits per heavy atom. The van der Waals surface area contributed by atoms with Crippen molar-refractivity contribution in [3.8, 4) is 17.5 Å². The maximum atomic E-state index is 12.7. The molecule has 1 fully saturated rings. The molecule has 2 atom stereocenters. The fraction of sp³-hybridized carbons (Fsp3) is 0.348. The Hall–Kier alpha value is -3.13. The van der Waals surface area contributed by atoms with Crippen molar-refractivity contribution in [3.05, 3.63) is 54.1 Å². The largest absolute Gasteiger partial charge is 0.461 e. The van der Waals surface area contributed by atoms with Crippen molar-refractivity contribution >= 4 is 17.0 Å². The van der Waals surface area contributed by atoms with Gasteiger partial charge in [0.05, 0.1) is 22.7 Å². The van der Waals surface area contributed by atoms with Crippen LogP contribution >= 0.6 is 0 Å². The van der Waals surface area contributed by atoms with E-state index in [-0.39, 0.29) is 18.6 Å². The molecule has 0 amide bonds. The highest BCUT2D eigenvalue weighted by Gasteiger charge is 2.23. The molecule has 0 N–H and O–H groups in total. The van der Waals surface area contributed by atoms with Gasteiger partial charge in [-0.25, -0.2) is 4.98 Å². The Balaban J connectivity index is 1.65. The first-order valence-electron chi connectivity index (χ1n) is 9.79. The Kier molecular flexibility index (Phi) is 5.12.